The zero-order valence-electron chi connectivity index (χ0n) is 18.7. The van der Waals surface area contributed by atoms with E-state index in [-0.39, 0.29) is 0 Å². The number of methoxy groups -OCH3 is 1. The third kappa shape index (κ3) is 4.83. The van der Waals surface area contributed by atoms with Crippen LogP contribution >= 0.6 is 0 Å². The molecule has 166 valence electrons. The van der Waals surface area contributed by atoms with Gasteiger partial charge < -0.3 is 19.7 Å². The second-order valence-corrected chi connectivity index (χ2v) is 9.21. The minimum Gasteiger partial charge on any atom is -0.493 e. The average Bonchev–Trinajstić information content (AvgIpc) is 3.32. The first-order valence-corrected chi connectivity index (χ1v) is 11.9. The number of anilines is 1. The minimum atomic E-state index is 0.335. The van der Waals surface area contributed by atoms with Crippen molar-refractivity contribution in [3.63, 3.8) is 0 Å². The van der Waals surface area contributed by atoms with Crippen LogP contribution in [0.15, 0.2) is 42.5 Å². The molecular formula is C26H35N3O2. The van der Waals surface area contributed by atoms with Crippen LogP contribution in [0.3, 0.4) is 0 Å². The van der Waals surface area contributed by atoms with Crippen LogP contribution in [-0.2, 0) is 13.0 Å². The van der Waals surface area contributed by atoms with Gasteiger partial charge in [0.1, 0.15) is 0 Å². The van der Waals surface area contributed by atoms with Crippen molar-refractivity contribution in [1.29, 1.82) is 0 Å². The first kappa shape index (κ1) is 20.7. The zero-order valence-corrected chi connectivity index (χ0v) is 18.7. The van der Waals surface area contributed by atoms with Crippen LogP contribution in [0.1, 0.15) is 36.8 Å². The van der Waals surface area contributed by atoms with Gasteiger partial charge in [-0.1, -0.05) is 24.3 Å². The van der Waals surface area contributed by atoms with E-state index in [9.17, 15) is 0 Å². The first-order chi connectivity index (χ1) is 15.3. The molecular weight excluding hydrogens is 386 g/mol. The number of nitrogens with zero attached hydrogens (tertiary/aromatic N) is 2. The van der Waals surface area contributed by atoms with Crippen molar-refractivity contribution in [3.8, 4) is 11.5 Å². The molecule has 5 rings (SSSR count). The van der Waals surface area contributed by atoms with E-state index in [1.54, 1.807) is 7.11 Å². The molecule has 31 heavy (non-hydrogen) atoms. The van der Waals surface area contributed by atoms with E-state index in [0.717, 1.165) is 70.0 Å². The summed E-state index contributed by atoms with van der Waals surface area (Å²) in [5.41, 5.74) is 4.25. The normalized spacial score (nSPS) is 22.4. The molecule has 1 unspecified atom stereocenters. The van der Waals surface area contributed by atoms with Crippen LogP contribution in [0.4, 0.5) is 5.69 Å². The number of benzene rings is 2. The van der Waals surface area contributed by atoms with Gasteiger partial charge in [-0.05, 0) is 55.4 Å². The molecule has 0 bridgehead atoms. The van der Waals surface area contributed by atoms with E-state index in [1.807, 2.05) is 0 Å². The fourth-order valence-electron chi connectivity index (χ4n) is 5.34. The lowest BCUT2D eigenvalue weighted by atomic mass is 9.99. The Kier molecular flexibility index (Phi) is 6.32. The number of fused-ring (bicyclic) bond motifs is 1. The summed E-state index contributed by atoms with van der Waals surface area (Å²) in [4.78, 5) is 5.10. The second kappa shape index (κ2) is 9.49. The highest BCUT2D eigenvalue weighted by Crippen LogP contribution is 2.35. The summed E-state index contributed by atoms with van der Waals surface area (Å²) in [5, 5.41) is 3.75. The maximum atomic E-state index is 6.33. The van der Waals surface area contributed by atoms with Crippen molar-refractivity contribution in [2.24, 2.45) is 0 Å². The van der Waals surface area contributed by atoms with E-state index in [0.29, 0.717) is 12.1 Å². The van der Waals surface area contributed by atoms with Gasteiger partial charge in [0.15, 0.2) is 11.5 Å². The van der Waals surface area contributed by atoms with Crippen LogP contribution < -0.4 is 19.7 Å². The van der Waals surface area contributed by atoms with Gasteiger partial charge in [0, 0.05) is 57.1 Å². The van der Waals surface area contributed by atoms with E-state index in [1.165, 1.54) is 29.7 Å². The van der Waals surface area contributed by atoms with Crippen LogP contribution in [0.2, 0.25) is 0 Å². The quantitative estimate of drug-likeness (QED) is 0.767. The Hall–Kier alpha value is -2.24. The third-order valence-electron chi connectivity index (χ3n) is 7.05. The lowest BCUT2D eigenvalue weighted by Crippen LogP contribution is -2.55. The Balaban J connectivity index is 1.24. The summed E-state index contributed by atoms with van der Waals surface area (Å²) in [6.45, 7) is 6.36. The Morgan fingerprint density at radius 1 is 1.00 bits per heavy atom. The smallest absolute Gasteiger partial charge is 0.163 e. The van der Waals surface area contributed by atoms with Crippen LogP contribution in [0, 0.1) is 0 Å². The molecule has 1 N–H and O–H groups in total. The number of hydrogen-bond donors (Lipinski definition) is 1. The fraction of sp³-hybridized carbons (Fsp3) is 0.538. The summed E-state index contributed by atoms with van der Waals surface area (Å²) in [6, 6.07) is 15.8. The highest BCUT2D eigenvalue weighted by molar-refractivity contribution is 5.57. The summed E-state index contributed by atoms with van der Waals surface area (Å²) in [7, 11) is 1.73. The van der Waals surface area contributed by atoms with Gasteiger partial charge in [0.2, 0.25) is 0 Å². The predicted octanol–water partition coefficient (Wildman–Crippen LogP) is 3.85. The largest absolute Gasteiger partial charge is 0.493 e. The first-order valence-electron chi connectivity index (χ1n) is 11.9. The molecule has 5 heteroatoms. The second-order valence-electron chi connectivity index (χ2n) is 9.21. The van der Waals surface area contributed by atoms with Crippen molar-refractivity contribution in [2.75, 3.05) is 44.7 Å². The van der Waals surface area contributed by atoms with Crippen molar-refractivity contribution in [3.05, 3.63) is 53.6 Å². The Morgan fingerprint density at radius 2 is 1.84 bits per heavy atom. The van der Waals surface area contributed by atoms with Crippen LogP contribution in [0.25, 0.3) is 0 Å². The molecule has 2 aliphatic heterocycles. The Labute approximate surface area is 186 Å². The van der Waals surface area contributed by atoms with Gasteiger partial charge >= 0.3 is 0 Å². The third-order valence-corrected chi connectivity index (χ3v) is 7.05. The molecule has 1 saturated carbocycles. The molecule has 0 spiro atoms. The van der Waals surface area contributed by atoms with Crippen molar-refractivity contribution in [1.82, 2.24) is 10.2 Å². The highest BCUT2D eigenvalue weighted by atomic mass is 16.5. The molecule has 3 aliphatic rings. The van der Waals surface area contributed by atoms with E-state index in [4.69, 9.17) is 9.47 Å². The molecule has 2 aromatic carbocycles. The van der Waals surface area contributed by atoms with E-state index in [2.05, 4.69) is 57.6 Å². The predicted molar refractivity (Wildman–Crippen MR) is 125 cm³/mol. The topological polar surface area (TPSA) is 37.0 Å². The number of piperazine rings is 1. The standard InChI is InChI=1S/C26H35N3O2/c1-30-25-11-10-23(16-26(25)31-24-8-4-5-9-24)29-15-13-27-22(19-29)18-28-14-12-20-6-2-3-7-21(20)17-28/h2-3,6-7,10-11,16,22,24,27H,4-5,8-9,12-15,17-19H2,1H3. The summed E-state index contributed by atoms with van der Waals surface area (Å²) < 4.78 is 11.9. The molecule has 0 radical (unpaired) electrons. The Morgan fingerprint density at radius 3 is 2.68 bits per heavy atom. The molecule has 2 heterocycles. The molecule has 0 amide bonds. The maximum absolute atomic E-state index is 6.33. The van der Waals surface area contributed by atoms with Gasteiger partial charge in [-0.25, -0.2) is 0 Å². The minimum absolute atomic E-state index is 0.335. The van der Waals surface area contributed by atoms with Gasteiger partial charge in [0.25, 0.3) is 0 Å². The molecule has 1 aliphatic carbocycles. The Bertz CT molecular complexity index is 881. The SMILES string of the molecule is COc1ccc(N2CCNC(CN3CCc4ccccc4C3)C2)cc1OC1CCCC1. The van der Waals surface area contributed by atoms with Gasteiger partial charge in [-0.15, -0.1) is 0 Å². The summed E-state index contributed by atoms with van der Waals surface area (Å²) in [6.07, 6.45) is 6.35. The van der Waals surface area contributed by atoms with Crippen LogP contribution in [0.5, 0.6) is 11.5 Å². The molecule has 2 aromatic rings. The average molecular weight is 422 g/mol. The van der Waals surface area contributed by atoms with Crippen molar-refractivity contribution >= 4 is 5.69 Å². The van der Waals surface area contributed by atoms with Gasteiger partial charge in [-0.2, -0.15) is 0 Å². The summed E-state index contributed by atoms with van der Waals surface area (Å²) >= 11 is 0. The highest BCUT2D eigenvalue weighted by Gasteiger charge is 2.25. The zero-order chi connectivity index (χ0) is 21.0. The molecule has 1 saturated heterocycles. The lowest BCUT2D eigenvalue weighted by Gasteiger charge is -2.39. The number of rotatable bonds is 6. The molecule has 2 fully saturated rings. The lowest BCUT2D eigenvalue weighted by molar-refractivity contribution is 0.200. The monoisotopic (exact) mass is 421 g/mol. The molecule has 0 aromatic heterocycles. The number of ether oxygens (including phenoxy) is 2. The fourth-order valence-corrected chi connectivity index (χ4v) is 5.34. The number of nitrogens with one attached hydrogen (secondary N) is 1. The van der Waals surface area contributed by atoms with E-state index >= 15 is 0 Å². The van der Waals surface area contributed by atoms with Crippen molar-refractivity contribution < 1.29 is 9.47 Å². The van der Waals surface area contributed by atoms with Crippen molar-refractivity contribution in [2.45, 2.75) is 50.8 Å². The molecule has 1 atom stereocenters. The summed E-state index contributed by atoms with van der Waals surface area (Å²) in [5.74, 6) is 1.74. The van der Waals surface area contributed by atoms with E-state index < -0.39 is 0 Å². The van der Waals surface area contributed by atoms with Gasteiger partial charge in [-0.3, -0.25) is 4.90 Å². The van der Waals surface area contributed by atoms with Gasteiger partial charge in [0.05, 0.1) is 13.2 Å². The molecule has 5 nitrogen and oxygen atoms in total. The van der Waals surface area contributed by atoms with Crippen LogP contribution in [-0.4, -0.2) is 56.9 Å². The number of hydrogen-bond acceptors (Lipinski definition) is 5. The maximum Gasteiger partial charge on any atom is 0.163 e.